The number of phenolic OH excluding ortho intramolecular Hbond substituents is 1. The van der Waals surface area contributed by atoms with Crippen molar-refractivity contribution in [1.82, 2.24) is 9.80 Å². The van der Waals surface area contributed by atoms with Gasteiger partial charge >= 0.3 is 0 Å². The average Bonchev–Trinajstić information content (AvgIpc) is 2.56. The van der Waals surface area contributed by atoms with Crippen LogP contribution < -0.4 is 0 Å². The van der Waals surface area contributed by atoms with Crippen molar-refractivity contribution in [3.63, 3.8) is 0 Å². The van der Waals surface area contributed by atoms with Crippen molar-refractivity contribution in [2.75, 3.05) is 27.7 Å². The third-order valence-corrected chi connectivity index (χ3v) is 4.18. The molecule has 0 unspecified atom stereocenters. The Labute approximate surface area is 148 Å². The number of likely N-dealkylation sites (N-methyl/N-ethyl adjacent to an activating group) is 2. The minimum absolute atomic E-state index is 0.0141. The van der Waals surface area contributed by atoms with Gasteiger partial charge in [-0.25, -0.2) is 0 Å². The maximum absolute atomic E-state index is 13.0. The number of phenols is 1. The molecule has 0 aliphatic carbocycles. The number of amides is 1. The van der Waals surface area contributed by atoms with Crippen molar-refractivity contribution in [3.05, 3.63) is 65.2 Å². The summed E-state index contributed by atoms with van der Waals surface area (Å²) in [6.45, 7) is 1.96. The molecule has 0 bridgehead atoms. The Morgan fingerprint density at radius 3 is 2.16 bits per heavy atom. The summed E-state index contributed by atoms with van der Waals surface area (Å²) >= 11 is 0. The van der Waals surface area contributed by atoms with Gasteiger partial charge in [0.05, 0.1) is 6.54 Å². The fraction of sp³-hybridized carbons (Fsp3) is 0.300. The van der Waals surface area contributed by atoms with Gasteiger partial charge < -0.3 is 10.0 Å². The summed E-state index contributed by atoms with van der Waals surface area (Å²) in [5.74, 6) is -0.197. The van der Waals surface area contributed by atoms with Crippen molar-refractivity contribution in [2.45, 2.75) is 13.0 Å². The molecule has 25 heavy (non-hydrogen) atoms. The van der Waals surface area contributed by atoms with E-state index in [1.165, 1.54) is 17.0 Å². The lowest BCUT2D eigenvalue weighted by atomic mass is 9.99. The first-order valence-electron chi connectivity index (χ1n) is 8.10. The van der Waals surface area contributed by atoms with Crippen molar-refractivity contribution < 1.29 is 14.7 Å². The van der Waals surface area contributed by atoms with Gasteiger partial charge in [0, 0.05) is 12.6 Å². The topological polar surface area (TPSA) is 60.9 Å². The molecule has 5 heteroatoms. The molecule has 0 heterocycles. The number of carbonyl (C=O) groups excluding carboxylic acids is 2. The van der Waals surface area contributed by atoms with Gasteiger partial charge in [0.15, 0.2) is 5.78 Å². The Morgan fingerprint density at radius 1 is 1.00 bits per heavy atom. The molecule has 0 aromatic heterocycles. The van der Waals surface area contributed by atoms with Gasteiger partial charge in [-0.2, -0.15) is 0 Å². The summed E-state index contributed by atoms with van der Waals surface area (Å²) < 4.78 is 0. The van der Waals surface area contributed by atoms with Crippen LogP contribution in [0.2, 0.25) is 0 Å². The van der Waals surface area contributed by atoms with Crippen LogP contribution in [-0.4, -0.2) is 54.3 Å². The predicted octanol–water partition coefficient (Wildman–Crippen LogP) is 2.64. The van der Waals surface area contributed by atoms with Gasteiger partial charge in [-0.05, 0) is 56.4 Å². The normalized spacial score (nSPS) is 12.0. The summed E-state index contributed by atoms with van der Waals surface area (Å²) in [4.78, 5) is 28.6. The van der Waals surface area contributed by atoms with Crippen LogP contribution in [0.25, 0.3) is 0 Å². The smallest absolute Gasteiger partial charge is 0.244 e. The number of ketones is 1. The van der Waals surface area contributed by atoms with Gasteiger partial charge in [0.1, 0.15) is 11.8 Å². The third kappa shape index (κ3) is 4.45. The number of nitrogens with zero attached hydrogens (tertiary/aromatic N) is 2. The summed E-state index contributed by atoms with van der Waals surface area (Å²) in [5.41, 5.74) is 2.43. The molecule has 132 valence electrons. The second-order valence-electron chi connectivity index (χ2n) is 6.39. The lowest BCUT2D eigenvalue weighted by Gasteiger charge is -2.29. The summed E-state index contributed by atoms with van der Waals surface area (Å²) in [6.07, 6.45) is 0. The highest BCUT2D eigenvalue weighted by molar-refractivity contribution is 5.99. The van der Waals surface area contributed by atoms with E-state index >= 15 is 0 Å². The molecular formula is C20H24N2O3. The lowest BCUT2D eigenvalue weighted by Crippen LogP contribution is -2.41. The molecule has 2 rings (SSSR count). The van der Waals surface area contributed by atoms with Crippen molar-refractivity contribution in [2.24, 2.45) is 0 Å². The van der Waals surface area contributed by atoms with E-state index in [9.17, 15) is 14.7 Å². The molecule has 0 saturated heterocycles. The Balaban J connectivity index is 2.17. The molecule has 1 N–H and O–H groups in total. The summed E-state index contributed by atoms with van der Waals surface area (Å²) in [7, 11) is 5.34. The zero-order valence-electron chi connectivity index (χ0n) is 15.1. The van der Waals surface area contributed by atoms with Crippen molar-refractivity contribution in [3.8, 4) is 5.75 Å². The molecule has 0 radical (unpaired) electrons. The Hall–Kier alpha value is -2.66. The second-order valence-corrected chi connectivity index (χ2v) is 6.39. The highest BCUT2D eigenvalue weighted by atomic mass is 16.3. The third-order valence-electron chi connectivity index (χ3n) is 4.18. The number of Topliss-reactive ketones (excluding diaryl/α,β-unsaturated/α-hetero) is 1. The fourth-order valence-corrected chi connectivity index (χ4v) is 2.77. The molecule has 1 atom stereocenters. The number of hydrogen-bond acceptors (Lipinski definition) is 4. The van der Waals surface area contributed by atoms with Gasteiger partial charge in [-0.1, -0.05) is 24.3 Å². The second kappa shape index (κ2) is 7.94. The van der Waals surface area contributed by atoms with E-state index in [-0.39, 0.29) is 24.0 Å². The van der Waals surface area contributed by atoms with E-state index in [0.717, 1.165) is 11.1 Å². The van der Waals surface area contributed by atoms with Crippen LogP contribution in [0.15, 0.2) is 48.5 Å². The van der Waals surface area contributed by atoms with Crippen LogP contribution in [0, 0.1) is 6.92 Å². The monoisotopic (exact) mass is 340 g/mol. The quantitative estimate of drug-likeness (QED) is 0.821. The molecule has 0 aliphatic heterocycles. The van der Waals surface area contributed by atoms with Crippen LogP contribution in [0.3, 0.4) is 0 Å². The number of carbonyl (C=O) groups is 2. The first kappa shape index (κ1) is 18.7. The zero-order chi connectivity index (χ0) is 18.6. The molecule has 1 amide bonds. The molecule has 2 aromatic carbocycles. The Bertz CT molecular complexity index is 754. The number of aryl methyl sites for hydroxylation is 1. The summed E-state index contributed by atoms with van der Waals surface area (Å²) in [5, 5.41) is 9.31. The van der Waals surface area contributed by atoms with Gasteiger partial charge in [0.2, 0.25) is 5.91 Å². The first-order valence-corrected chi connectivity index (χ1v) is 8.10. The molecule has 0 fully saturated rings. The van der Waals surface area contributed by atoms with E-state index in [2.05, 4.69) is 0 Å². The van der Waals surface area contributed by atoms with Crippen LogP contribution in [-0.2, 0) is 4.79 Å². The Morgan fingerprint density at radius 2 is 1.60 bits per heavy atom. The van der Waals surface area contributed by atoms with Crippen molar-refractivity contribution in [1.29, 1.82) is 0 Å². The van der Waals surface area contributed by atoms with E-state index in [1.54, 1.807) is 19.2 Å². The van der Waals surface area contributed by atoms with Gasteiger partial charge in [-0.3, -0.25) is 14.5 Å². The fourth-order valence-electron chi connectivity index (χ4n) is 2.77. The largest absolute Gasteiger partial charge is 0.508 e. The van der Waals surface area contributed by atoms with Gasteiger partial charge in [0.25, 0.3) is 0 Å². The number of benzene rings is 2. The highest BCUT2D eigenvalue weighted by Gasteiger charge is 2.28. The minimum Gasteiger partial charge on any atom is -0.508 e. The minimum atomic E-state index is -0.446. The van der Waals surface area contributed by atoms with Crippen molar-refractivity contribution >= 4 is 11.7 Å². The highest BCUT2D eigenvalue weighted by Crippen LogP contribution is 2.24. The van der Waals surface area contributed by atoms with E-state index in [1.807, 2.05) is 50.2 Å². The predicted molar refractivity (Wildman–Crippen MR) is 97.7 cm³/mol. The van der Waals surface area contributed by atoms with Gasteiger partial charge in [-0.15, -0.1) is 0 Å². The molecule has 0 aliphatic rings. The average molecular weight is 340 g/mol. The van der Waals surface area contributed by atoms with E-state index in [0.29, 0.717) is 5.56 Å². The molecular weight excluding hydrogens is 316 g/mol. The van der Waals surface area contributed by atoms with Crippen LogP contribution in [0.1, 0.15) is 27.5 Å². The molecule has 5 nitrogen and oxygen atoms in total. The summed E-state index contributed by atoms with van der Waals surface area (Å²) in [6, 6.07) is 13.4. The maximum Gasteiger partial charge on any atom is 0.244 e. The Kier molecular flexibility index (Phi) is 5.93. The number of rotatable bonds is 6. The number of aromatic hydroxyl groups is 1. The zero-order valence-corrected chi connectivity index (χ0v) is 15.1. The molecule has 2 aromatic rings. The SMILES string of the molecule is Cc1ccccc1[C@H](C(=O)N(C)CC(=O)c1ccc(O)cc1)N(C)C. The first-order chi connectivity index (χ1) is 11.8. The van der Waals surface area contributed by atoms with Crippen LogP contribution in [0.4, 0.5) is 0 Å². The van der Waals surface area contributed by atoms with Crippen LogP contribution >= 0.6 is 0 Å². The van der Waals surface area contributed by atoms with Crippen LogP contribution in [0.5, 0.6) is 5.75 Å². The van der Waals surface area contributed by atoms with E-state index in [4.69, 9.17) is 0 Å². The van der Waals surface area contributed by atoms with E-state index < -0.39 is 6.04 Å². The molecule has 0 saturated carbocycles. The number of hydrogen-bond donors (Lipinski definition) is 1. The molecule has 0 spiro atoms. The maximum atomic E-state index is 13.0. The standard InChI is InChI=1S/C20H24N2O3/c1-14-7-5-6-8-17(14)19(21(2)3)20(25)22(4)13-18(24)15-9-11-16(23)12-10-15/h5-12,19,23H,13H2,1-4H3/t19-/m1/s1. The lowest BCUT2D eigenvalue weighted by molar-refractivity contribution is -0.134.